The largest absolute Gasteiger partial charge is 0.478 e. The summed E-state index contributed by atoms with van der Waals surface area (Å²) < 4.78 is 38.6. The second-order valence-electron chi connectivity index (χ2n) is 5.94. The van der Waals surface area contributed by atoms with Gasteiger partial charge in [0, 0.05) is 23.7 Å². The third-order valence-corrected chi connectivity index (χ3v) is 4.92. The van der Waals surface area contributed by atoms with Crippen molar-refractivity contribution in [2.75, 3.05) is 6.54 Å². The fraction of sp³-hybridized carbons (Fsp3) is 0.278. The van der Waals surface area contributed by atoms with Gasteiger partial charge in [-0.05, 0) is 30.9 Å². The zero-order chi connectivity index (χ0) is 18.7. The first kappa shape index (κ1) is 18.3. The number of rotatable bonds is 4. The molecule has 1 atom stereocenters. The summed E-state index contributed by atoms with van der Waals surface area (Å²) in [5, 5.41) is 11.4. The van der Waals surface area contributed by atoms with E-state index in [0.29, 0.717) is 30.0 Å². The molecule has 26 heavy (non-hydrogen) atoms. The van der Waals surface area contributed by atoms with Crippen LogP contribution in [0.25, 0.3) is 10.6 Å². The highest BCUT2D eigenvalue weighted by molar-refractivity contribution is 7.13. The number of carboxylic acid groups (broad SMARTS) is 1. The first-order valence-electron chi connectivity index (χ1n) is 7.90. The normalized spacial score (nSPS) is 17.7. The predicted octanol–water partition coefficient (Wildman–Crippen LogP) is 4.47. The van der Waals surface area contributed by atoms with Crippen LogP contribution in [-0.2, 0) is 17.4 Å². The van der Waals surface area contributed by atoms with Crippen molar-refractivity contribution >= 4 is 23.5 Å². The van der Waals surface area contributed by atoms with Gasteiger partial charge in [0.15, 0.2) is 0 Å². The van der Waals surface area contributed by atoms with Crippen LogP contribution in [0, 0.1) is 5.92 Å². The summed E-state index contributed by atoms with van der Waals surface area (Å²) in [4.78, 5) is 19.6. The van der Waals surface area contributed by atoms with E-state index in [1.54, 1.807) is 17.5 Å². The van der Waals surface area contributed by atoms with E-state index in [9.17, 15) is 18.0 Å². The van der Waals surface area contributed by atoms with Crippen LogP contribution in [0.5, 0.6) is 0 Å². The van der Waals surface area contributed by atoms with E-state index in [1.165, 1.54) is 23.6 Å². The predicted molar refractivity (Wildman–Crippen MR) is 93.4 cm³/mol. The molecule has 0 saturated carbocycles. The third kappa shape index (κ3) is 4.37. The molecule has 2 heterocycles. The number of aliphatic carboxylic acids is 1. The number of allylic oxidation sites excluding steroid dienone is 1. The summed E-state index contributed by atoms with van der Waals surface area (Å²) >= 11 is 1.28. The molecule has 0 aliphatic carbocycles. The Morgan fingerprint density at radius 1 is 1.35 bits per heavy atom. The van der Waals surface area contributed by atoms with Gasteiger partial charge >= 0.3 is 12.1 Å². The number of benzene rings is 1. The molecule has 0 fully saturated rings. The van der Waals surface area contributed by atoms with E-state index in [2.05, 4.69) is 9.98 Å². The standard InChI is InChI=1S/C18H15F3N2O2S/c19-18(20,21)14-3-1-2-12(8-14)16-23-15(10-26-16)7-11-4-5-22-9-13(6-11)17(24)25/h1-3,6,8-11H,4-5,7H2,(H,24,25). The van der Waals surface area contributed by atoms with Crippen molar-refractivity contribution in [3.63, 3.8) is 0 Å². The minimum Gasteiger partial charge on any atom is -0.478 e. The zero-order valence-electron chi connectivity index (χ0n) is 13.5. The minimum atomic E-state index is -4.39. The molecule has 0 saturated heterocycles. The molecule has 8 heteroatoms. The number of carboxylic acids is 1. The van der Waals surface area contributed by atoms with Crippen molar-refractivity contribution in [2.45, 2.75) is 19.0 Å². The smallest absolute Gasteiger partial charge is 0.416 e. The topological polar surface area (TPSA) is 62.5 Å². The molecule has 1 aliphatic rings. The quantitative estimate of drug-likeness (QED) is 0.851. The number of thiazole rings is 1. The number of aliphatic imine (C=N–C) groups is 1. The number of nitrogens with zero attached hydrogens (tertiary/aromatic N) is 2. The van der Waals surface area contributed by atoms with Crippen LogP contribution < -0.4 is 0 Å². The van der Waals surface area contributed by atoms with Crippen LogP contribution in [0.4, 0.5) is 13.2 Å². The van der Waals surface area contributed by atoms with Gasteiger partial charge in [0.2, 0.25) is 0 Å². The number of carbonyl (C=O) groups is 1. The number of halogens is 3. The molecular weight excluding hydrogens is 365 g/mol. The molecule has 1 aromatic carbocycles. The molecule has 0 bridgehead atoms. The Hall–Kier alpha value is -2.48. The summed E-state index contributed by atoms with van der Waals surface area (Å²) in [6.45, 7) is 0.530. The fourth-order valence-corrected chi connectivity index (χ4v) is 3.53. The van der Waals surface area contributed by atoms with Gasteiger partial charge in [0.05, 0.1) is 16.8 Å². The Bertz CT molecular complexity index is 871. The van der Waals surface area contributed by atoms with Crippen LogP contribution in [0.2, 0.25) is 0 Å². The molecule has 0 radical (unpaired) electrons. The second kappa shape index (κ2) is 7.41. The molecular formula is C18H15F3N2O2S. The Morgan fingerprint density at radius 2 is 2.15 bits per heavy atom. The molecule has 1 aromatic heterocycles. The second-order valence-corrected chi connectivity index (χ2v) is 6.80. The summed E-state index contributed by atoms with van der Waals surface area (Å²) in [6, 6.07) is 5.08. The van der Waals surface area contributed by atoms with E-state index in [4.69, 9.17) is 5.11 Å². The van der Waals surface area contributed by atoms with E-state index >= 15 is 0 Å². The van der Waals surface area contributed by atoms with Crippen LogP contribution in [0.1, 0.15) is 17.7 Å². The van der Waals surface area contributed by atoms with E-state index in [-0.39, 0.29) is 11.5 Å². The molecule has 136 valence electrons. The summed E-state index contributed by atoms with van der Waals surface area (Å²) in [7, 11) is 0. The molecule has 1 aliphatic heterocycles. The molecule has 2 aromatic rings. The van der Waals surface area contributed by atoms with Crippen molar-refractivity contribution < 1.29 is 23.1 Å². The van der Waals surface area contributed by atoms with Gasteiger partial charge in [-0.1, -0.05) is 18.2 Å². The third-order valence-electron chi connectivity index (χ3n) is 3.98. The van der Waals surface area contributed by atoms with E-state index in [1.807, 2.05) is 0 Å². The molecule has 3 rings (SSSR count). The Morgan fingerprint density at radius 3 is 2.88 bits per heavy atom. The highest BCUT2D eigenvalue weighted by atomic mass is 32.1. The number of hydrogen-bond acceptors (Lipinski definition) is 4. The van der Waals surface area contributed by atoms with Crippen molar-refractivity contribution in [3.8, 4) is 10.6 Å². The Kier molecular flexibility index (Phi) is 5.22. The maximum absolute atomic E-state index is 12.9. The van der Waals surface area contributed by atoms with Crippen LogP contribution in [-0.4, -0.2) is 28.8 Å². The highest BCUT2D eigenvalue weighted by Crippen LogP contribution is 2.33. The average molecular weight is 380 g/mol. The Balaban J connectivity index is 1.78. The number of aromatic nitrogens is 1. The van der Waals surface area contributed by atoms with Gasteiger partial charge in [-0.2, -0.15) is 13.2 Å². The first-order valence-corrected chi connectivity index (χ1v) is 8.78. The van der Waals surface area contributed by atoms with Gasteiger partial charge in [-0.25, -0.2) is 9.78 Å². The molecule has 0 amide bonds. The van der Waals surface area contributed by atoms with Crippen LogP contribution in [0.15, 0.2) is 46.3 Å². The maximum atomic E-state index is 12.9. The monoisotopic (exact) mass is 380 g/mol. The summed E-state index contributed by atoms with van der Waals surface area (Å²) in [5.41, 5.74) is 0.597. The van der Waals surface area contributed by atoms with Crippen molar-refractivity contribution in [1.82, 2.24) is 4.98 Å². The lowest BCUT2D eigenvalue weighted by molar-refractivity contribution is -0.137. The lowest BCUT2D eigenvalue weighted by Gasteiger charge is -2.09. The average Bonchev–Trinajstić information content (AvgIpc) is 2.91. The fourth-order valence-electron chi connectivity index (χ4n) is 2.70. The minimum absolute atomic E-state index is 0.0277. The summed E-state index contributed by atoms with van der Waals surface area (Å²) in [6.07, 6.45) is -0.145. The lowest BCUT2D eigenvalue weighted by Crippen LogP contribution is -2.07. The SMILES string of the molecule is O=C(O)C1=CC(Cc2csc(-c3cccc(C(F)(F)F)c3)n2)CCN=C1. The molecule has 1 unspecified atom stereocenters. The lowest BCUT2D eigenvalue weighted by atomic mass is 9.98. The molecule has 1 N–H and O–H groups in total. The van der Waals surface area contributed by atoms with Crippen molar-refractivity contribution in [2.24, 2.45) is 10.9 Å². The summed E-state index contributed by atoms with van der Waals surface area (Å²) in [5.74, 6) is -1.05. The van der Waals surface area contributed by atoms with Gasteiger partial charge in [0.25, 0.3) is 0 Å². The van der Waals surface area contributed by atoms with Gasteiger partial charge in [-0.3, -0.25) is 4.99 Å². The number of alkyl halides is 3. The van der Waals surface area contributed by atoms with Crippen molar-refractivity contribution in [1.29, 1.82) is 0 Å². The highest BCUT2D eigenvalue weighted by Gasteiger charge is 2.30. The molecule has 0 spiro atoms. The maximum Gasteiger partial charge on any atom is 0.416 e. The van der Waals surface area contributed by atoms with Crippen molar-refractivity contribution in [3.05, 3.63) is 52.6 Å². The van der Waals surface area contributed by atoms with E-state index < -0.39 is 17.7 Å². The van der Waals surface area contributed by atoms with Crippen LogP contribution >= 0.6 is 11.3 Å². The zero-order valence-corrected chi connectivity index (χ0v) is 14.3. The Labute approximate surface area is 151 Å². The molecule has 4 nitrogen and oxygen atoms in total. The van der Waals surface area contributed by atoms with Gasteiger partial charge < -0.3 is 5.11 Å². The van der Waals surface area contributed by atoms with Crippen LogP contribution in [0.3, 0.4) is 0 Å². The van der Waals surface area contributed by atoms with Gasteiger partial charge in [0.1, 0.15) is 5.01 Å². The van der Waals surface area contributed by atoms with Gasteiger partial charge in [-0.15, -0.1) is 11.3 Å². The van der Waals surface area contributed by atoms with E-state index in [0.717, 1.165) is 17.8 Å². The first-order chi connectivity index (χ1) is 12.3. The number of hydrogen-bond donors (Lipinski definition) is 1.